The Kier molecular flexibility index (Phi) is 3.38. The van der Waals surface area contributed by atoms with Gasteiger partial charge < -0.3 is 4.90 Å². The van der Waals surface area contributed by atoms with E-state index in [1.54, 1.807) is 12.1 Å². The molecule has 2 aromatic rings. The van der Waals surface area contributed by atoms with Gasteiger partial charge in [-0.15, -0.1) is 0 Å². The minimum absolute atomic E-state index is 0.665. The molecule has 0 bridgehead atoms. The van der Waals surface area contributed by atoms with Crippen LogP contribution in [0.15, 0.2) is 36.4 Å². The van der Waals surface area contributed by atoms with Crippen LogP contribution in [0.5, 0.6) is 0 Å². The van der Waals surface area contributed by atoms with E-state index in [1.165, 1.54) is 16.8 Å². The average Bonchev–Trinajstić information content (AvgIpc) is 2.46. The molecule has 20 heavy (non-hydrogen) atoms. The van der Waals surface area contributed by atoms with Crippen LogP contribution >= 0.6 is 11.6 Å². The van der Waals surface area contributed by atoms with E-state index in [-0.39, 0.29) is 0 Å². The van der Waals surface area contributed by atoms with Gasteiger partial charge in [-0.1, -0.05) is 29.3 Å². The van der Waals surface area contributed by atoms with E-state index in [4.69, 9.17) is 11.6 Å². The number of aryl methyl sites for hydroxylation is 2. The quantitative estimate of drug-likeness (QED) is 0.764. The highest BCUT2D eigenvalue weighted by Crippen LogP contribution is 2.36. The molecule has 0 aromatic heterocycles. The molecule has 0 radical (unpaired) electrons. The number of hydrogen-bond donors (Lipinski definition) is 0. The van der Waals surface area contributed by atoms with Crippen LogP contribution in [0.4, 0.5) is 11.4 Å². The smallest absolute Gasteiger partial charge is 0.101 e. The highest BCUT2D eigenvalue weighted by molar-refractivity contribution is 6.31. The molecule has 100 valence electrons. The van der Waals surface area contributed by atoms with Gasteiger partial charge in [0.15, 0.2) is 0 Å². The predicted octanol–water partition coefficient (Wildman–Crippen LogP) is 4.60. The first-order chi connectivity index (χ1) is 9.69. The van der Waals surface area contributed by atoms with Gasteiger partial charge in [-0.3, -0.25) is 0 Å². The summed E-state index contributed by atoms with van der Waals surface area (Å²) in [5.41, 5.74) is 5.39. The Morgan fingerprint density at radius 3 is 2.80 bits per heavy atom. The average molecular weight is 283 g/mol. The summed E-state index contributed by atoms with van der Waals surface area (Å²) in [6.45, 7) is 3.03. The molecule has 3 heteroatoms. The Morgan fingerprint density at radius 2 is 2.00 bits per heavy atom. The van der Waals surface area contributed by atoms with Gasteiger partial charge in [0.25, 0.3) is 0 Å². The molecule has 0 fully saturated rings. The van der Waals surface area contributed by atoms with Gasteiger partial charge >= 0.3 is 0 Å². The maximum absolute atomic E-state index is 9.31. The number of fused-ring (bicyclic) bond motifs is 1. The van der Waals surface area contributed by atoms with Crippen LogP contribution in [0.1, 0.15) is 23.1 Å². The van der Waals surface area contributed by atoms with Gasteiger partial charge in [0.2, 0.25) is 0 Å². The van der Waals surface area contributed by atoms with Crippen LogP contribution in [-0.4, -0.2) is 6.54 Å². The number of nitrogens with zero attached hydrogens (tertiary/aromatic N) is 2. The molecule has 2 aromatic carbocycles. The molecule has 0 amide bonds. The van der Waals surface area contributed by atoms with Crippen LogP contribution < -0.4 is 4.90 Å². The number of rotatable bonds is 1. The first kappa shape index (κ1) is 13.0. The number of benzene rings is 2. The topological polar surface area (TPSA) is 27.0 Å². The number of nitriles is 1. The molecule has 0 N–H and O–H groups in total. The molecule has 0 spiro atoms. The van der Waals surface area contributed by atoms with E-state index in [0.717, 1.165) is 25.1 Å². The molecule has 1 heterocycles. The first-order valence-corrected chi connectivity index (χ1v) is 7.13. The summed E-state index contributed by atoms with van der Waals surface area (Å²) in [6.07, 6.45) is 2.18. The van der Waals surface area contributed by atoms with Gasteiger partial charge in [0, 0.05) is 17.3 Å². The Morgan fingerprint density at radius 1 is 1.15 bits per heavy atom. The second kappa shape index (κ2) is 5.19. The van der Waals surface area contributed by atoms with Gasteiger partial charge in [-0.2, -0.15) is 5.26 Å². The van der Waals surface area contributed by atoms with Crippen LogP contribution in [0.2, 0.25) is 5.02 Å². The normalized spacial score (nSPS) is 13.8. The summed E-state index contributed by atoms with van der Waals surface area (Å²) in [5.74, 6) is 0. The molecule has 1 aliphatic heterocycles. The molecule has 0 unspecified atom stereocenters. The Bertz CT molecular complexity index is 701. The van der Waals surface area contributed by atoms with Crippen molar-refractivity contribution in [2.45, 2.75) is 19.8 Å². The summed E-state index contributed by atoms with van der Waals surface area (Å²) < 4.78 is 0. The third-order valence-electron chi connectivity index (χ3n) is 3.72. The maximum atomic E-state index is 9.31. The molecule has 2 nitrogen and oxygen atoms in total. The van der Waals surface area contributed by atoms with E-state index in [2.05, 4.69) is 36.1 Å². The summed E-state index contributed by atoms with van der Waals surface area (Å²) in [5, 5.41) is 9.98. The minimum Gasteiger partial charge on any atom is -0.340 e. The van der Waals surface area contributed by atoms with Crippen molar-refractivity contribution < 1.29 is 0 Å². The van der Waals surface area contributed by atoms with Crippen LogP contribution in [0.3, 0.4) is 0 Å². The second-order valence-corrected chi connectivity index (χ2v) is 5.60. The SMILES string of the molecule is Cc1ccc2c(c1)CCCN2c1cc(Cl)ccc1C#N. The number of halogens is 1. The Balaban J connectivity index is 2.14. The Hall–Kier alpha value is -1.98. The van der Waals surface area contributed by atoms with E-state index in [9.17, 15) is 5.26 Å². The monoisotopic (exact) mass is 282 g/mol. The minimum atomic E-state index is 0.665. The largest absolute Gasteiger partial charge is 0.340 e. The molecular formula is C17H15ClN2. The van der Waals surface area contributed by atoms with Crippen LogP contribution in [-0.2, 0) is 6.42 Å². The molecule has 0 saturated heterocycles. The molecular weight excluding hydrogens is 268 g/mol. The van der Waals surface area contributed by atoms with Gasteiger partial charge in [0.1, 0.15) is 6.07 Å². The summed E-state index contributed by atoms with van der Waals surface area (Å²) in [6, 6.07) is 14.2. The fraction of sp³-hybridized carbons (Fsp3) is 0.235. The predicted molar refractivity (Wildman–Crippen MR) is 82.7 cm³/mol. The molecule has 0 aliphatic carbocycles. The highest BCUT2D eigenvalue weighted by Gasteiger charge is 2.20. The van der Waals surface area contributed by atoms with Crippen molar-refractivity contribution in [2.75, 3.05) is 11.4 Å². The van der Waals surface area contributed by atoms with Crippen molar-refractivity contribution in [1.82, 2.24) is 0 Å². The zero-order valence-electron chi connectivity index (χ0n) is 11.4. The van der Waals surface area contributed by atoms with E-state index in [1.807, 2.05) is 6.07 Å². The summed E-state index contributed by atoms with van der Waals surface area (Å²) >= 11 is 6.11. The van der Waals surface area contributed by atoms with Gasteiger partial charge in [-0.25, -0.2) is 0 Å². The second-order valence-electron chi connectivity index (χ2n) is 5.16. The van der Waals surface area contributed by atoms with Crippen LogP contribution in [0, 0.1) is 18.3 Å². The van der Waals surface area contributed by atoms with Crippen molar-refractivity contribution >= 4 is 23.0 Å². The van der Waals surface area contributed by atoms with Crippen molar-refractivity contribution in [3.63, 3.8) is 0 Å². The number of hydrogen-bond acceptors (Lipinski definition) is 2. The van der Waals surface area contributed by atoms with Gasteiger partial charge in [0.05, 0.1) is 11.3 Å². The summed E-state index contributed by atoms with van der Waals surface area (Å²) in [7, 11) is 0. The Labute approximate surface area is 124 Å². The van der Waals surface area contributed by atoms with E-state index >= 15 is 0 Å². The summed E-state index contributed by atoms with van der Waals surface area (Å²) in [4.78, 5) is 2.21. The van der Waals surface area contributed by atoms with Crippen molar-refractivity contribution in [3.05, 3.63) is 58.1 Å². The zero-order chi connectivity index (χ0) is 14.1. The maximum Gasteiger partial charge on any atom is 0.101 e. The molecule has 1 aliphatic rings. The lowest BCUT2D eigenvalue weighted by molar-refractivity contribution is 0.765. The molecule has 3 rings (SSSR count). The third-order valence-corrected chi connectivity index (χ3v) is 3.96. The lowest BCUT2D eigenvalue weighted by atomic mass is 9.98. The number of anilines is 2. The van der Waals surface area contributed by atoms with Crippen LogP contribution in [0.25, 0.3) is 0 Å². The highest BCUT2D eigenvalue weighted by atomic mass is 35.5. The zero-order valence-corrected chi connectivity index (χ0v) is 12.1. The fourth-order valence-electron chi connectivity index (χ4n) is 2.80. The first-order valence-electron chi connectivity index (χ1n) is 6.76. The van der Waals surface area contributed by atoms with E-state index < -0.39 is 0 Å². The lowest BCUT2D eigenvalue weighted by Gasteiger charge is -2.32. The third kappa shape index (κ3) is 2.26. The van der Waals surface area contributed by atoms with Crippen molar-refractivity contribution in [3.8, 4) is 6.07 Å². The lowest BCUT2D eigenvalue weighted by Crippen LogP contribution is -2.25. The van der Waals surface area contributed by atoms with Gasteiger partial charge in [-0.05, 0) is 49.6 Å². The van der Waals surface area contributed by atoms with E-state index in [0.29, 0.717) is 10.6 Å². The molecule has 0 saturated carbocycles. The standard InChI is InChI=1S/C17H15ClN2/c1-12-4-7-16-13(9-12)3-2-8-20(16)17-10-15(18)6-5-14(17)11-19/h4-7,9-10H,2-3,8H2,1H3. The van der Waals surface area contributed by atoms with Crippen molar-refractivity contribution in [2.24, 2.45) is 0 Å². The molecule has 0 atom stereocenters. The van der Waals surface area contributed by atoms with Crippen molar-refractivity contribution in [1.29, 1.82) is 5.26 Å². The fourth-order valence-corrected chi connectivity index (χ4v) is 2.97.